The first-order valence-electron chi connectivity index (χ1n) is 7.32. The number of amides is 1. The average molecular weight is 327 g/mol. The van der Waals surface area contributed by atoms with Crippen LogP contribution in [-0.4, -0.2) is 41.5 Å². The summed E-state index contributed by atoms with van der Waals surface area (Å²) in [6.45, 7) is 4.07. The van der Waals surface area contributed by atoms with Crippen LogP contribution in [0.3, 0.4) is 0 Å². The van der Waals surface area contributed by atoms with E-state index < -0.39 is 5.97 Å². The van der Waals surface area contributed by atoms with Gasteiger partial charge in [0.15, 0.2) is 0 Å². The second-order valence-corrected chi connectivity index (χ2v) is 5.67. The highest BCUT2D eigenvalue weighted by Crippen LogP contribution is 2.16. The van der Waals surface area contributed by atoms with Gasteiger partial charge in [-0.1, -0.05) is 29.8 Å². The molecule has 5 nitrogen and oxygen atoms in total. The monoisotopic (exact) mass is 326 g/mol. The number of hydrogen-bond donors (Lipinski definition) is 2. The van der Waals surface area contributed by atoms with Crippen LogP contribution >= 0.6 is 12.4 Å². The van der Waals surface area contributed by atoms with Crippen LogP contribution in [0.2, 0.25) is 0 Å². The van der Waals surface area contributed by atoms with Gasteiger partial charge in [-0.15, -0.1) is 12.4 Å². The molecule has 0 aromatic heterocycles. The van der Waals surface area contributed by atoms with Crippen LogP contribution in [0.4, 0.5) is 0 Å². The summed E-state index contributed by atoms with van der Waals surface area (Å²) in [4.78, 5) is 24.8. The van der Waals surface area contributed by atoms with E-state index in [9.17, 15) is 9.59 Å². The Hall–Kier alpha value is -1.59. The molecule has 22 heavy (non-hydrogen) atoms. The van der Waals surface area contributed by atoms with Gasteiger partial charge in [-0.3, -0.25) is 14.5 Å². The molecule has 0 bridgehead atoms. The molecular weight excluding hydrogens is 304 g/mol. The summed E-state index contributed by atoms with van der Waals surface area (Å²) >= 11 is 0. The van der Waals surface area contributed by atoms with E-state index in [1.54, 1.807) is 0 Å². The number of halogens is 1. The highest BCUT2D eigenvalue weighted by molar-refractivity contribution is 5.85. The van der Waals surface area contributed by atoms with E-state index in [1.165, 1.54) is 5.56 Å². The Morgan fingerprint density at radius 3 is 2.64 bits per heavy atom. The maximum absolute atomic E-state index is 11.9. The van der Waals surface area contributed by atoms with Crippen molar-refractivity contribution in [1.29, 1.82) is 0 Å². The summed E-state index contributed by atoms with van der Waals surface area (Å²) in [5.74, 6) is -1.16. The van der Waals surface area contributed by atoms with Gasteiger partial charge in [0.25, 0.3) is 0 Å². The molecular formula is C16H23ClN2O3. The van der Waals surface area contributed by atoms with E-state index in [4.69, 9.17) is 5.11 Å². The van der Waals surface area contributed by atoms with Gasteiger partial charge in [-0.25, -0.2) is 0 Å². The molecule has 1 atom stereocenters. The van der Waals surface area contributed by atoms with Crippen molar-refractivity contribution in [3.8, 4) is 0 Å². The molecule has 1 amide bonds. The molecule has 2 rings (SSSR count). The molecule has 0 aliphatic carbocycles. The van der Waals surface area contributed by atoms with Crippen molar-refractivity contribution in [2.45, 2.75) is 26.3 Å². The number of carbonyl (C=O) groups is 2. The number of piperidine rings is 1. The Morgan fingerprint density at radius 2 is 2.00 bits per heavy atom. The van der Waals surface area contributed by atoms with E-state index in [0.29, 0.717) is 19.5 Å². The summed E-state index contributed by atoms with van der Waals surface area (Å²) in [6.07, 6.45) is 1.54. The standard InChI is InChI=1S/C16H22N2O3.ClH/c1-12-4-6-13(7-5-12)9-17-15(19)11-18-8-2-3-14(10-18)16(20)21;/h4-7,14H,2-3,8-11H2,1H3,(H,17,19)(H,20,21);1H. The second-order valence-electron chi connectivity index (χ2n) is 5.67. The Balaban J connectivity index is 0.00000242. The lowest BCUT2D eigenvalue weighted by Crippen LogP contribution is -2.44. The van der Waals surface area contributed by atoms with Crippen LogP contribution in [0, 0.1) is 12.8 Å². The van der Waals surface area contributed by atoms with Crippen LogP contribution in [0.15, 0.2) is 24.3 Å². The molecule has 1 aliphatic heterocycles. The first-order valence-corrected chi connectivity index (χ1v) is 7.32. The van der Waals surface area contributed by atoms with E-state index in [2.05, 4.69) is 5.32 Å². The minimum Gasteiger partial charge on any atom is -0.481 e. The maximum Gasteiger partial charge on any atom is 0.307 e. The van der Waals surface area contributed by atoms with Crippen molar-refractivity contribution < 1.29 is 14.7 Å². The van der Waals surface area contributed by atoms with Crippen molar-refractivity contribution in [2.75, 3.05) is 19.6 Å². The van der Waals surface area contributed by atoms with Gasteiger partial charge in [-0.05, 0) is 31.9 Å². The van der Waals surface area contributed by atoms with Gasteiger partial charge in [0.2, 0.25) is 5.91 Å². The van der Waals surface area contributed by atoms with Crippen LogP contribution in [0.5, 0.6) is 0 Å². The Labute approximate surface area is 137 Å². The Morgan fingerprint density at radius 1 is 1.32 bits per heavy atom. The van der Waals surface area contributed by atoms with Crippen molar-refractivity contribution >= 4 is 24.3 Å². The lowest BCUT2D eigenvalue weighted by atomic mass is 9.98. The average Bonchev–Trinajstić information content (AvgIpc) is 2.47. The minimum absolute atomic E-state index is 0. The van der Waals surface area contributed by atoms with Crippen molar-refractivity contribution in [2.24, 2.45) is 5.92 Å². The van der Waals surface area contributed by atoms with Gasteiger partial charge >= 0.3 is 5.97 Å². The third kappa shape index (κ3) is 5.66. The number of nitrogens with one attached hydrogen (secondary N) is 1. The highest BCUT2D eigenvalue weighted by Gasteiger charge is 2.26. The molecule has 1 saturated heterocycles. The number of carboxylic acids is 1. The number of likely N-dealkylation sites (tertiary alicyclic amines) is 1. The number of carbonyl (C=O) groups excluding carboxylic acids is 1. The van der Waals surface area contributed by atoms with E-state index in [0.717, 1.165) is 18.5 Å². The zero-order valence-corrected chi connectivity index (χ0v) is 13.6. The third-order valence-electron chi connectivity index (χ3n) is 3.83. The predicted molar refractivity (Wildman–Crippen MR) is 87.1 cm³/mol. The molecule has 122 valence electrons. The fraction of sp³-hybridized carbons (Fsp3) is 0.500. The van der Waals surface area contributed by atoms with Crippen LogP contribution in [-0.2, 0) is 16.1 Å². The highest BCUT2D eigenvalue weighted by atomic mass is 35.5. The SMILES string of the molecule is Cc1ccc(CNC(=O)CN2CCCC(C(=O)O)C2)cc1.Cl. The minimum atomic E-state index is -0.764. The molecule has 1 aliphatic rings. The van der Waals surface area contributed by atoms with Crippen LogP contribution in [0.1, 0.15) is 24.0 Å². The molecule has 1 fully saturated rings. The molecule has 0 saturated carbocycles. The third-order valence-corrected chi connectivity index (χ3v) is 3.83. The number of aliphatic carboxylic acids is 1. The van der Waals surface area contributed by atoms with Gasteiger partial charge in [-0.2, -0.15) is 0 Å². The first-order chi connectivity index (χ1) is 10.0. The fourth-order valence-corrected chi connectivity index (χ4v) is 2.57. The summed E-state index contributed by atoms with van der Waals surface area (Å²) in [5, 5.41) is 11.9. The second kappa shape index (κ2) is 8.76. The maximum atomic E-state index is 11.9. The normalized spacial score (nSPS) is 18.3. The lowest BCUT2D eigenvalue weighted by Gasteiger charge is -2.29. The quantitative estimate of drug-likeness (QED) is 0.866. The molecule has 2 N–H and O–H groups in total. The summed E-state index contributed by atoms with van der Waals surface area (Å²) < 4.78 is 0. The Bertz CT molecular complexity index is 505. The molecule has 1 aromatic carbocycles. The number of aryl methyl sites for hydroxylation is 1. The molecule has 1 aromatic rings. The van der Waals surface area contributed by atoms with E-state index in [1.807, 2.05) is 36.1 Å². The smallest absolute Gasteiger partial charge is 0.307 e. The van der Waals surface area contributed by atoms with Crippen LogP contribution < -0.4 is 5.32 Å². The zero-order valence-electron chi connectivity index (χ0n) is 12.7. The van der Waals surface area contributed by atoms with Crippen molar-refractivity contribution in [1.82, 2.24) is 10.2 Å². The number of hydrogen-bond acceptors (Lipinski definition) is 3. The van der Waals surface area contributed by atoms with Crippen LogP contribution in [0.25, 0.3) is 0 Å². The lowest BCUT2D eigenvalue weighted by molar-refractivity contribution is -0.144. The topological polar surface area (TPSA) is 69.6 Å². The van der Waals surface area contributed by atoms with Crippen molar-refractivity contribution in [3.63, 3.8) is 0 Å². The molecule has 1 unspecified atom stereocenters. The number of rotatable bonds is 5. The largest absolute Gasteiger partial charge is 0.481 e. The Kier molecular flexibility index (Phi) is 7.35. The zero-order chi connectivity index (χ0) is 15.2. The first kappa shape index (κ1) is 18.5. The van der Waals surface area contributed by atoms with Gasteiger partial charge in [0.05, 0.1) is 12.5 Å². The van der Waals surface area contributed by atoms with Gasteiger partial charge in [0, 0.05) is 13.1 Å². The summed E-state index contributed by atoms with van der Waals surface area (Å²) in [6, 6.07) is 8.03. The molecule has 1 heterocycles. The van der Waals surface area contributed by atoms with E-state index >= 15 is 0 Å². The molecule has 0 spiro atoms. The fourth-order valence-electron chi connectivity index (χ4n) is 2.57. The number of carboxylic acid groups (broad SMARTS) is 1. The van der Waals surface area contributed by atoms with Gasteiger partial charge in [0.1, 0.15) is 0 Å². The number of nitrogens with zero attached hydrogens (tertiary/aromatic N) is 1. The summed E-state index contributed by atoms with van der Waals surface area (Å²) in [7, 11) is 0. The molecule has 0 radical (unpaired) electrons. The molecule has 6 heteroatoms. The van der Waals surface area contributed by atoms with Gasteiger partial charge < -0.3 is 10.4 Å². The number of benzene rings is 1. The predicted octanol–water partition coefficient (Wildman–Crippen LogP) is 1.83. The van der Waals surface area contributed by atoms with E-state index in [-0.39, 0.29) is 30.8 Å². The van der Waals surface area contributed by atoms with Crippen molar-refractivity contribution in [3.05, 3.63) is 35.4 Å². The summed E-state index contributed by atoms with van der Waals surface area (Å²) in [5.41, 5.74) is 2.26.